The normalized spacial score (nSPS) is 18.5. The summed E-state index contributed by atoms with van der Waals surface area (Å²) in [5, 5.41) is 6.11. The summed E-state index contributed by atoms with van der Waals surface area (Å²) in [5.74, 6) is 0.0145. The fourth-order valence-electron chi connectivity index (χ4n) is 2.11. The van der Waals surface area contributed by atoms with Crippen LogP contribution in [-0.2, 0) is 22.5 Å². The molecule has 0 radical (unpaired) electrons. The lowest BCUT2D eigenvalue weighted by molar-refractivity contribution is -0.126. The van der Waals surface area contributed by atoms with Crippen molar-refractivity contribution in [3.05, 3.63) is 35.4 Å². The molecule has 1 aliphatic rings. The quantitative estimate of drug-likeness (QED) is 0.876. The first-order valence-corrected chi connectivity index (χ1v) is 6.47. The predicted molar refractivity (Wildman–Crippen MR) is 77.5 cm³/mol. The molecular formula is C14H21ClN2O2. The van der Waals surface area contributed by atoms with Crippen LogP contribution in [0.2, 0.25) is 0 Å². The zero-order valence-corrected chi connectivity index (χ0v) is 12.0. The van der Waals surface area contributed by atoms with Crippen molar-refractivity contribution in [1.29, 1.82) is 0 Å². The molecule has 1 heterocycles. The lowest BCUT2D eigenvalue weighted by Gasteiger charge is -2.23. The summed E-state index contributed by atoms with van der Waals surface area (Å²) in [6, 6.07) is 7.98. The topological polar surface area (TPSA) is 50.4 Å². The van der Waals surface area contributed by atoms with Gasteiger partial charge in [-0.25, -0.2) is 0 Å². The van der Waals surface area contributed by atoms with Crippen molar-refractivity contribution in [3.63, 3.8) is 0 Å². The third-order valence-corrected chi connectivity index (χ3v) is 3.19. The molecule has 1 atom stereocenters. The Morgan fingerprint density at radius 2 is 2.16 bits per heavy atom. The van der Waals surface area contributed by atoms with E-state index in [4.69, 9.17) is 4.74 Å². The number of benzene rings is 1. The molecule has 1 unspecified atom stereocenters. The minimum Gasteiger partial charge on any atom is -0.378 e. The highest BCUT2D eigenvalue weighted by molar-refractivity contribution is 5.85. The third kappa shape index (κ3) is 4.49. The average molecular weight is 285 g/mol. The molecule has 106 valence electrons. The minimum absolute atomic E-state index is 0. The molecule has 1 saturated heterocycles. The van der Waals surface area contributed by atoms with E-state index in [9.17, 15) is 4.79 Å². The number of amides is 1. The Morgan fingerprint density at radius 1 is 1.42 bits per heavy atom. The summed E-state index contributed by atoms with van der Waals surface area (Å²) in [5.41, 5.74) is 2.47. The number of carbonyl (C=O) groups excluding carboxylic acids is 1. The van der Waals surface area contributed by atoms with Crippen LogP contribution in [0.25, 0.3) is 0 Å². The Kier molecular flexibility index (Phi) is 6.84. The number of hydrogen-bond donors (Lipinski definition) is 2. The van der Waals surface area contributed by atoms with Crippen LogP contribution in [0.1, 0.15) is 18.1 Å². The summed E-state index contributed by atoms with van der Waals surface area (Å²) in [6.07, 6.45) is 0.983. The smallest absolute Gasteiger partial charge is 0.239 e. The number of halogens is 1. The molecular weight excluding hydrogens is 264 g/mol. The Bertz CT molecular complexity index is 406. The third-order valence-electron chi connectivity index (χ3n) is 3.19. The van der Waals surface area contributed by atoms with Crippen LogP contribution in [0.3, 0.4) is 0 Å². The SMILES string of the molecule is CCc1ccccc1CNC(=O)C1COCCN1.Cl. The van der Waals surface area contributed by atoms with Gasteiger partial charge in [-0.15, -0.1) is 12.4 Å². The molecule has 0 aliphatic carbocycles. The Morgan fingerprint density at radius 3 is 2.79 bits per heavy atom. The van der Waals surface area contributed by atoms with Gasteiger partial charge in [-0.3, -0.25) is 4.79 Å². The van der Waals surface area contributed by atoms with E-state index < -0.39 is 0 Å². The summed E-state index contributed by atoms with van der Waals surface area (Å²) in [4.78, 5) is 11.9. The number of carbonyl (C=O) groups is 1. The molecule has 0 bridgehead atoms. The van der Waals surface area contributed by atoms with E-state index in [1.807, 2.05) is 12.1 Å². The second-order valence-electron chi connectivity index (χ2n) is 4.42. The van der Waals surface area contributed by atoms with Crippen LogP contribution in [-0.4, -0.2) is 31.7 Å². The zero-order valence-electron chi connectivity index (χ0n) is 11.1. The predicted octanol–water partition coefficient (Wildman–Crippen LogP) is 1.28. The number of morpholine rings is 1. The maximum atomic E-state index is 11.9. The summed E-state index contributed by atoms with van der Waals surface area (Å²) < 4.78 is 5.28. The highest BCUT2D eigenvalue weighted by atomic mass is 35.5. The van der Waals surface area contributed by atoms with Crippen LogP contribution < -0.4 is 10.6 Å². The van der Waals surface area contributed by atoms with Crippen LogP contribution >= 0.6 is 12.4 Å². The van der Waals surface area contributed by atoms with E-state index >= 15 is 0 Å². The van der Waals surface area contributed by atoms with Crippen molar-refractivity contribution in [2.45, 2.75) is 25.9 Å². The van der Waals surface area contributed by atoms with Gasteiger partial charge in [0, 0.05) is 13.1 Å². The first-order chi connectivity index (χ1) is 8.81. The molecule has 19 heavy (non-hydrogen) atoms. The van der Waals surface area contributed by atoms with Crippen molar-refractivity contribution in [1.82, 2.24) is 10.6 Å². The van der Waals surface area contributed by atoms with Gasteiger partial charge in [0.15, 0.2) is 0 Å². The summed E-state index contributed by atoms with van der Waals surface area (Å²) in [6.45, 7) is 4.59. The lowest BCUT2D eigenvalue weighted by atomic mass is 10.1. The molecule has 0 aromatic heterocycles. The van der Waals surface area contributed by atoms with Crippen molar-refractivity contribution in [2.24, 2.45) is 0 Å². The molecule has 2 rings (SSSR count). The second-order valence-corrected chi connectivity index (χ2v) is 4.42. The van der Waals surface area contributed by atoms with Crippen molar-refractivity contribution >= 4 is 18.3 Å². The Labute approximate surface area is 120 Å². The largest absolute Gasteiger partial charge is 0.378 e. The fraction of sp³-hybridized carbons (Fsp3) is 0.500. The van der Waals surface area contributed by atoms with Gasteiger partial charge in [-0.05, 0) is 17.5 Å². The summed E-state index contributed by atoms with van der Waals surface area (Å²) >= 11 is 0. The highest BCUT2D eigenvalue weighted by Crippen LogP contribution is 2.09. The van der Waals surface area contributed by atoms with Crippen molar-refractivity contribution < 1.29 is 9.53 Å². The molecule has 4 nitrogen and oxygen atoms in total. The Hall–Kier alpha value is -1.10. The number of nitrogens with one attached hydrogen (secondary N) is 2. The molecule has 0 saturated carbocycles. The van der Waals surface area contributed by atoms with E-state index in [1.165, 1.54) is 11.1 Å². The first-order valence-electron chi connectivity index (χ1n) is 6.47. The number of rotatable bonds is 4. The molecule has 1 aliphatic heterocycles. The van der Waals surface area contributed by atoms with E-state index in [1.54, 1.807) is 0 Å². The van der Waals surface area contributed by atoms with Gasteiger partial charge in [0.05, 0.1) is 13.2 Å². The van der Waals surface area contributed by atoms with Gasteiger partial charge in [0.1, 0.15) is 6.04 Å². The molecule has 0 spiro atoms. The maximum absolute atomic E-state index is 11.9. The van der Waals surface area contributed by atoms with E-state index in [0.29, 0.717) is 19.8 Å². The Balaban J connectivity index is 0.00000180. The molecule has 1 aromatic carbocycles. The maximum Gasteiger partial charge on any atom is 0.239 e. The highest BCUT2D eigenvalue weighted by Gasteiger charge is 2.20. The van der Waals surface area contributed by atoms with Gasteiger partial charge in [-0.2, -0.15) is 0 Å². The molecule has 2 N–H and O–H groups in total. The standard InChI is InChI=1S/C14H20N2O2.ClH/c1-2-11-5-3-4-6-12(11)9-16-14(17)13-10-18-8-7-15-13;/h3-6,13,15H,2,7-10H2,1H3,(H,16,17);1H. The van der Waals surface area contributed by atoms with E-state index in [2.05, 4.69) is 29.7 Å². The lowest BCUT2D eigenvalue weighted by Crippen LogP contribution is -2.51. The van der Waals surface area contributed by atoms with Crippen molar-refractivity contribution in [2.75, 3.05) is 19.8 Å². The zero-order chi connectivity index (χ0) is 12.8. The van der Waals surface area contributed by atoms with Gasteiger partial charge >= 0.3 is 0 Å². The number of hydrogen-bond acceptors (Lipinski definition) is 3. The van der Waals surface area contributed by atoms with E-state index in [0.717, 1.165) is 13.0 Å². The van der Waals surface area contributed by atoms with Crippen LogP contribution in [0.5, 0.6) is 0 Å². The van der Waals surface area contributed by atoms with Crippen LogP contribution in [0, 0.1) is 0 Å². The monoisotopic (exact) mass is 284 g/mol. The van der Waals surface area contributed by atoms with Crippen molar-refractivity contribution in [3.8, 4) is 0 Å². The van der Waals surface area contributed by atoms with Crippen LogP contribution in [0.15, 0.2) is 24.3 Å². The minimum atomic E-state index is -0.215. The second kappa shape index (κ2) is 8.15. The van der Waals surface area contributed by atoms with Gasteiger partial charge < -0.3 is 15.4 Å². The van der Waals surface area contributed by atoms with Gasteiger partial charge in [-0.1, -0.05) is 31.2 Å². The summed E-state index contributed by atoms with van der Waals surface area (Å²) in [7, 11) is 0. The van der Waals surface area contributed by atoms with Gasteiger partial charge in [0.25, 0.3) is 0 Å². The number of aryl methyl sites for hydroxylation is 1. The molecule has 1 aromatic rings. The van der Waals surface area contributed by atoms with E-state index in [-0.39, 0.29) is 24.4 Å². The molecule has 1 amide bonds. The van der Waals surface area contributed by atoms with Crippen LogP contribution in [0.4, 0.5) is 0 Å². The molecule has 1 fully saturated rings. The molecule has 5 heteroatoms. The number of ether oxygens (including phenoxy) is 1. The average Bonchev–Trinajstić information content (AvgIpc) is 2.46. The first kappa shape index (κ1) is 16.0. The van der Waals surface area contributed by atoms with Gasteiger partial charge in [0.2, 0.25) is 5.91 Å². The fourth-order valence-corrected chi connectivity index (χ4v) is 2.11.